The number of aromatic nitrogens is 2. The highest BCUT2D eigenvalue weighted by molar-refractivity contribution is 9.10. The van der Waals surface area contributed by atoms with Crippen LogP contribution in [0.3, 0.4) is 0 Å². The lowest BCUT2D eigenvalue weighted by atomic mass is 10.3. The van der Waals surface area contributed by atoms with Crippen molar-refractivity contribution < 1.29 is 8.81 Å². The van der Waals surface area contributed by atoms with Crippen molar-refractivity contribution in [3.05, 3.63) is 34.4 Å². The van der Waals surface area contributed by atoms with Gasteiger partial charge in [-0.15, -0.1) is 5.10 Å². The minimum atomic E-state index is -0.355. The number of nitrogens with one attached hydrogen (secondary N) is 2. The molecule has 0 aliphatic rings. The maximum Gasteiger partial charge on any atom is 0.320 e. The first-order valence-electron chi connectivity index (χ1n) is 5.82. The van der Waals surface area contributed by atoms with Gasteiger partial charge in [0.2, 0.25) is 5.89 Å². The molecule has 0 amide bonds. The maximum atomic E-state index is 13.3. The lowest BCUT2D eigenvalue weighted by Crippen LogP contribution is -2.21. The van der Waals surface area contributed by atoms with Crippen LogP contribution in [0.15, 0.2) is 27.1 Å². The van der Waals surface area contributed by atoms with Gasteiger partial charge in [-0.25, -0.2) is 4.39 Å². The molecule has 0 bridgehead atoms. The van der Waals surface area contributed by atoms with E-state index in [0.29, 0.717) is 28.6 Å². The van der Waals surface area contributed by atoms with Crippen LogP contribution in [0.5, 0.6) is 0 Å². The van der Waals surface area contributed by atoms with Crippen molar-refractivity contribution in [1.82, 2.24) is 15.5 Å². The molecule has 7 heteroatoms. The Kier molecular flexibility index (Phi) is 4.49. The second kappa shape index (κ2) is 6.12. The third-order valence-corrected chi connectivity index (χ3v) is 2.94. The molecule has 1 aromatic carbocycles. The zero-order valence-corrected chi connectivity index (χ0v) is 12.2. The largest absolute Gasteiger partial charge is 0.406 e. The average molecular weight is 329 g/mol. The summed E-state index contributed by atoms with van der Waals surface area (Å²) in [6.45, 7) is 4.56. The van der Waals surface area contributed by atoms with Crippen molar-refractivity contribution in [3.63, 3.8) is 0 Å². The van der Waals surface area contributed by atoms with Crippen LogP contribution in [0.25, 0.3) is 0 Å². The minimum Gasteiger partial charge on any atom is -0.406 e. The van der Waals surface area contributed by atoms with Crippen molar-refractivity contribution in [3.8, 4) is 0 Å². The zero-order valence-electron chi connectivity index (χ0n) is 10.6. The van der Waals surface area contributed by atoms with Crippen LogP contribution >= 0.6 is 15.9 Å². The van der Waals surface area contributed by atoms with Gasteiger partial charge in [0, 0.05) is 11.7 Å². The summed E-state index contributed by atoms with van der Waals surface area (Å²) < 4.78 is 19.1. The molecule has 2 N–H and O–H groups in total. The molecule has 1 heterocycles. The minimum absolute atomic E-state index is 0.238. The van der Waals surface area contributed by atoms with E-state index < -0.39 is 0 Å². The van der Waals surface area contributed by atoms with E-state index in [0.717, 1.165) is 0 Å². The van der Waals surface area contributed by atoms with Gasteiger partial charge in [0.15, 0.2) is 0 Å². The Balaban J connectivity index is 2.01. The number of hydrogen-bond acceptors (Lipinski definition) is 5. The first-order valence-corrected chi connectivity index (χ1v) is 6.61. The number of halogens is 2. The zero-order chi connectivity index (χ0) is 13.8. The van der Waals surface area contributed by atoms with Gasteiger partial charge in [0.1, 0.15) is 5.82 Å². The third kappa shape index (κ3) is 4.00. The van der Waals surface area contributed by atoms with E-state index in [-0.39, 0.29) is 11.8 Å². The molecule has 2 rings (SSSR count). The van der Waals surface area contributed by atoms with Crippen molar-refractivity contribution in [2.75, 3.05) is 5.32 Å². The third-order valence-electron chi connectivity index (χ3n) is 2.30. The first kappa shape index (κ1) is 14.0. The topological polar surface area (TPSA) is 63.0 Å². The van der Waals surface area contributed by atoms with E-state index in [4.69, 9.17) is 4.42 Å². The van der Waals surface area contributed by atoms with Crippen LogP contribution in [0.2, 0.25) is 0 Å². The van der Waals surface area contributed by atoms with Crippen LogP contribution in [0.1, 0.15) is 19.7 Å². The summed E-state index contributed by atoms with van der Waals surface area (Å²) in [6, 6.07) is 5.24. The Morgan fingerprint density at radius 2 is 2.16 bits per heavy atom. The summed E-state index contributed by atoms with van der Waals surface area (Å²) in [5, 5.41) is 13.7. The van der Waals surface area contributed by atoms with Crippen LogP contribution in [-0.2, 0) is 6.54 Å². The van der Waals surface area contributed by atoms with E-state index in [1.54, 1.807) is 12.1 Å². The molecule has 0 saturated carbocycles. The number of hydrogen-bond donors (Lipinski definition) is 2. The second-order valence-corrected chi connectivity index (χ2v) is 5.14. The summed E-state index contributed by atoms with van der Waals surface area (Å²) in [5.41, 5.74) is 0.549. The standard InChI is InChI=1S/C12H14BrFN4O/c1-7(2)15-6-11-17-18-12(19-11)16-8-3-4-9(13)10(14)5-8/h3-5,7,15H,6H2,1-2H3,(H,16,18). The van der Waals surface area contributed by atoms with Gasteiger partial charge in [-0.1, -0.05) is 18.9 Å². The van der Waals surface area contributed by atoms with Crippen LogP contribution in [-0.4, -0.2) is 16.2 Å². The first-order chi connectivity index (χ1) is 9.04. The van der Waals surface area contributed by atoms with Gasteiger partial charge in [-0.05, 0) is 34.1 Å². The maximum absolute atomic E-state index is 13.3. The molecule has 0 fully saturated rings. The molecule has 2 aromatic rings. The number of benzene rings is 1. The van der Waals surface area contributed by atoms with E-state index in [1.165, 1.54) is 6.07 Å². The Labute approximate surface area is 118 Å². The Morgan fingerprint density at radius 1 is 1.37 bits per heavy atom. The lowest BCUT2D eigenvalue weighted by molar-refractivity contribution is 0.460. The number of nitrogens with zero attached hydrogens (tertiary/aromatic N) is 2. The highest BCUT2D eigenvalue weighted by Gasteiger charge is 2.07. The molecule has 0 saturated heterocycles. The Bertz CT molecular complexity index is 558. The van der Waals surface area contributed by atoms with Gasteiger partial charge in [-0.2, -0.15) is 0 Å². The van der Waals surface area contributed by atoms with Gasteiger partial charge >= 0.3 is 6.01 Å². The summed E-state index contributed by atoms with van der Waals surface area (Å²) in [5.74, 6) is 0.125. The van der Waals surface area contributed by atoms with Crippen molar-refractivity contribution >= 4 is 27.6 Å². The van der Waals surface area contributed by atoms with Crippen LogP contribution in [0.4, 0.5) is 16.1 Å². The smallest absolute Gasteiger partial charge is 0.320 e. The molecule has 0 radical (unpaired) electrons. The van der Waals surface area contributed by atoms with Crippen molar-refractivity contribution in [2.24, 2.45) is 0 Å². The van der Waals surface area contributed by atoms with Crippen molar-refractivity contribution in [2.45, 2.75) is 26.4 Å². The van der Waals surface area contributed by atoms with Gasteiger partial charge in [-0.3, -0.25) is 0 Å². The normalized spacial score (nSPS) is 11.0. The van der Waals surface area contributed by atoms with Gasteiger partial charge in [0.25, 0.3) is 0 Å². The summed E-state index contributed by atoms with van der Waals surface area (Å²) in [4.78, 5) is 0. The molecule has 1 aromatic heterocycles. The fraction of sp³-hybridized carbons (Fsp3) is 0.333. The predicted octanol–water partition coefficient (Wildman–Crippen LogP) is 3.21. The lowest BCUT2D eigenvalue weighted by Gasteiger charge is -2.04. The summed E-state index contributed by atoms with van der Waals surface area (Å²) >= 11 is 3.09. The summed E-state index contributed by atoms with van der Waals surface area (Å²) in [6.07, 6.45) is 0. The molecule has 0 spiro atoms. The Morgan fingerprint density at radius 3 is 2.84 bits per heavy atom. The molecule has 0 atom stereocenters. The highest BCUT2D eigenvalue weighted by Crippen LogP contribution is 2.21. The van der Waals surface area contributed by atoms with E-state index >= 15 is 0 Å². The second-order valence-electron chi connectivity index (χ2n) is 4.29. The van der Waals surface area contributed by atoms with Crippen molar-refractivity contribution in [1.29, 1.82) is 0 Å². The summed E-state index contributed by atoms with van der Waals surface area (Å²) in [7, 11) is 0. The molecular formula is C12H14BrFN4O. The molecule has 0 unspecified atom stereocenters. The average Bonchev–Trinajstić information content (AvgIpc) is 2.79. The number of rotatable bonds is 5. The van der Waals surface area contributed by atoms with E-state index in [9.17, 15) is 4.39 Å². The molecule has 102 valence electrons. The monoisotopic (exact) mass is 328 g/mol. The fourth-order valence-electron chi connectivity index (χ4n) is 1.36. The van der Waals surface area contributed by atoms with Gasteiger partial charge in [0.05, 0.1) is 11.0 Å². The molecule has 5 nitrogen and oxygen atoms in total. The quantitative estimate of drug-likeness (QED) is 0.882. The van der Waals surface area contributed by atoms with Crippen LogP contribution < -0.4 is 10.6 Å². The highest BCUT2D eigenvalue weighted by atomic mass is 79.9. The van der Waals surface area contributed by atoms with Crippen LogP contribution in [0, 0.1) is 5.82 Å². The molecular weight excluding hydrogens is 315 g/mol. The predicted molar refractivity (Wildman–Crippen MR) is 73.7 cm³/mol. The van der Waals surface area contributed by atoms with E-state index in [2.05, 4.69) is 36.8 Å². The van der Waals surface area contributed by atoms with Gasteiger partial charge < -0.3 is 15.1 Å². The number of anilines is 2. The Hall–Kier alpha value is -1.47. The molecule has 0 aliphatic heterocycles. The molecule has 0 aliphatic carbocycles. The SMILES string of the molecule is CC(C)NCc1nnc(Nc2ccc(Br)c(F)c2)o1. The fourth-order valence-corrected chi connectivity index (χ4v) is 1.61. The molecule has 19 heavy (non-hydrogen) atoms. The van der Waals surface area contributed by atoms with E-state index in [1.807, 2.05) is 13.8 Å².